The Labute approximate surface area is 259 Å². The zero-order chi connectivity index (χ0) is 33.6. The fourth-order valence-corrected chi connectivity index (χ4v) is 4.25. The molecule has 0 fully saturated rings. The summed E-state index contributed by atoms with van der Waals surface area (Å²) in [6, 6.07) is 19.6. The molecule has 4 aromatic rings. The SMILES string of the molecule is CC(=O)O/N=C(/C)c1ccc(N(c2cccc(OCC(F)(F)C(F)(F)F)c2)c2cnc(/C(C)=N/OC(C)=O)c3ccccc23)cc1. The Morgan fingerprint density at radius 2 is 1.37 bits per heavy atom. The Kier molecular flexibility index (Phi) is 9.98. The number of carbonyl (C=O) groups excluding carboxylic acids is 2. The second kappa shape index (κ2) is 13.7. The lowest BCUT2D eigenvalue weighted by Gasteiger charge is -2.27. The second-order valence-corrected chi connectivity index (χ2v) is 9.93. The number of rotatable bonds is 10. The van der Waals surface area contributed by atoms with Crippen LogP contribution >= 0.6 is 0 Å². The molecule has 0 atom stereocenters. The molecule has 3 aromatic carbocycles. The smallest absolute Gasteiger partial charge is 0.456 e. The minimum absolute atomic E-state index is 0.231. The summed E-state index contributed by atoms with van der Waals surface area (Å²) in [5, 5.41) is 8.91. The number of carbonyl (C=O) groups is 2. The number of benzene rings is 3. The normalized spacial score (nSPS) is 12.5. The molecule has 0 radical (unpaired) electrons. The molecular formula is C32H27F5N4O5. The highest BCUT2D eigenvalue weighted by molar-refractivity contribution is 6.11. The molecule has 0 unspecified atom stereocenters. The molecular weight excluding hydrogens is 615 g/mol. The van der Waals surface area contributed by atoms with Gasteiger partial charge in [0.05, 0.1) is 23.3 Å². The van der Waals surface area contributed by atoms with Crippen LogP contribution in [0, 0.1) is 0 Å². The number of ether oxygens (including phenoxy) is 1. The maximum absolute atomic E-state index is 13.6. The van der Waals surface area contributed by atoms with E-state index in [1.54, 1.807) is 73.3 Å². The number of anilines is 3. The van der Waals surface area contributed by atoms with Crippen LogP contribution in [0.4, 0.5) is 39.0 Å². The number of hydrogen-bond donors (Lipinski definition) is 0. The molecule has 9 nitrogen and oxygen atoms in total. The van der Waals surface area contributed by atoms with Crippen LogP contribution in [0.3, 0.4) is 0 Å². The first-order valence-corrected chi connectivity index (χ1v) is 13.6. The van der Waals surface area contributed by atoms with Crippen LogP contribution in [-0.4, -0.2) is 47.1 Å². The first-order valence-electron chi connectivity index (χ1n) is 13.6. The van der Waals surface area contributed by atoms with E-state index in [-0.39, 0.29) is 5.75 Å². The molecule has 0 spiro atoms. The van der Waals surface area contributed by atoms with Gasteiger partial charge in [-0.05, 0) is 43.7 Å². The molecule has 0 saturated carbocycles. The van der Waals surface area contributed by atoms with Gasteiger partial charge in [-0.2, -0.15) is 22.0 Å². The van der Waals surface area contributed by atoms with E-state index in [0.717, 1.165) is 0 Å². The Balaban J connectivity index is 1.85. The third kappa shape index (κ3) is 7.81. The highest BCUT2D eigenvalue weighted by Crippen LogP contribution is 2.41. The van der Waals surface area contributed by atoms with Crippen LogP contribution in [-0.2, 0) is 19.3 Å². The molecule has 4 rings (SSSR count). The zero-order valence-electron chi connectivity index (χ0n) is 24.9. The van der Waals surface area contributed by atoms with Crippen molar-refractivity contribution in [3.63, 3.8) is 0 Å². The van der Waals surface area contributed by atoms with E-state index in [1.807, 2.05) is 0 Å². The van der Waals surface area contributed by atoms with Gasteiger partial charge in [0.1, 0.15) is 11.5 Å². The fourth-order valence-electron chi connectivity index (χ4n) is 4.25. The predicted octanol–water partition coefficient (Wildman–Crippen LogP) is 7.86. The summed E-state index contributed by atoms with van der Waals surface area (Å²) in [5.74, 6) is -6.50. The number of hydrogen-bond acceptors (Lipinski definition) is 9. The number of nitrogens with zero attached hydrogens (tertiary/aromatic N) is 4. The van der Waals surface area contributed by atoms with Crippen molar-refractivity contribution < 1.29 is 46.0 Å². The number of pyridine rings is 1. The van der Waals surface area contributed by atoms with E-state index in [2.05, 4.69) is 15.3 Å². The average molecular weight is 643 g/mol. The van der Waals surface area contributed by atoms with E-state index in [0.29, 0.717) is 50.5 Å². The molecule has 240 valence electrons. The van der Waals surface area contributed by atoms with Crippen molar-refractivity contribution in [1.82, 2.24) is 4.98 Å². The molecule has 0 N–H and O–H groups in total. The topological polar surface area (TPSA) is 103 Å². The number of fused-ring (bicyclic) bond motifs is 1. The largest absolute Gasteiger partial charge is 0.487 e. The minimum atomic E-state index is -5.78. The van der Waals surface area contributed by atoms with Gasteiger partial charge in [-0.25, -0.2) is 9.59 Å². The van der Waals surface area contributed by atoms with Crippen LogP contribution in [0.5, 0.6) is 5.75 Å². The molecule has 1 aromatic heterocycles. The molecule has 46 heavy (non-hydrogen) atoms. The van der Waals surface area contributed by atoms with E-state index in [4.69, 9.17) is 14.4 Å². The molecule has 1 heterocycles. The summed E-state index contributed by atoms with van der Waals surface area (Å²) in [6.07, 6.45) is -4.25. The summed E-state index contributed by atoms with van der Waals surface area (Å²) in [6.45, 7) is 3.78. The molecule has 0 aliphatic carbocycles. The average Bonchev–Trinajstić information content (AvgIpc) is 3.01. The number of alkyl halides is 5. The van der Waals surface area contributed by atoms with Crippen molar-refractivity contribution >= 4 is 51.2 Å². The summed E-state index contributed by atoms with van der Waals surface area (Å²) in [5.41, 5.74) is 3.13. The van der Waals surface area contributed by atoms with Gasteiger partial charge in [0, 0.05) is 42.1 Å². The number of halogens is 5. The van der Waals surface area contributed by atoms with Crippen LogP contribution in [0.1, 0.15) is 39.0 Å². The molecule has 0 aliphatic rings. The number of aromatic nitrogens is 1. The third-order valence-corrected chi connectivity index (χ3v) is 6.43. The van der Waals surface area contributed by atoms with Gasteiger partial charge in [0.15, 0.2) is 6.61 Å². The lowest BCUT2D eigenvalue weighted by molar-refractivity contribution is -0.290. The van der Waals surface area contributed by atoms with Gasteiger partial charge < -0.3 is 19.3 Å². The Morgan fingerprint density at radius 1 is 0.761 bits per heavy atom. The van der Waals surface area contributed by atoms with E-state index in [9.17, 15) is 31.5 Å². The van der Waals surface area contributed by atoms with Crippen molar-refractivity contribution in [3.05, 3.63) is 90.3 Å². The Bertz CT molecular complexity index is 1810. The lowest BCUT2D eigenvalue weighted by atomic mass is 10.0. The van der Waals surface area contributed by atoms with Gasteiger partial charge in [0.2, 0.25) is 0 Å². The van der Waals surface area contributed by atoms with Crippen molar-refractivity contribution in [1.29, 1.82) is 0 Å². The van der Waals surface area contributed by atoms with E-state index < -0.39 is 30.6 Å². The van der Waals surface area contributed by atoms with Crippen molar-refractivity contribution in [2.24, 2.45) is 10.3 Å². The van der Waals surface area contributed by atoms with Gasteiger partial charge in [-0.3, -0.25) is 4.98 Å². The lowest BCUT2D eigenvalue weighted by Crippen LogP contribution is -2.41. The summed E-state index contributed by atoms with van der Waals surface area (Å²) >= 11 is 0. The summed E-state index contributed by atoms with van der Waals surface area (Å²) in [7, 11) is 0. The first-order chi connectivity index (χ1) is 21.7. The third-order valence-electron chi connectivity index (χ3n) is 6.43. The van der Waals surface area contributed by atoms with Crippen molar-refractivity contribution in [3.8, 4) is 5.75 Å². The molecule has 0 saturated heterocycles. The summed E-state index contributed by atoms with van der Waals surface area (Å²) < 4.78 is 70.5. The Hall–Kier alpha value is -5.40. The van der Waals surface area contributed by atoms with Gasteiger partial charge in [0.25, 0.3) is 0 Å². The molecule has 0 aliphatic heterocycles. The maximum atomic E-state index is 13.6. The van der Waals surface area contributed by atoms with Gasteiger partial charge >= 0.3 is 24.0 Å². The van der Waals surface area contributed by atoms with Crippen molar-refractivity contribution in [2.45, 2.75) is 39.8 Å². The van der Waals surface area contributed by atoms with Crippen LogP contribution in [0.15, 0.2) is 89.3 Å². The predicted molar refractivity (Wildman–Crippen MR) is 161 cm³/mol. The second-order valence-electron chi connectivity index (χ2n) is 9.93. The van der Waals surface area contributed by atoms with Crippen LogP contribution < -0.4 is 9.64 Å². The first kappa shape index (κ1) is 33.5. The van der Waals surface area contributed by atoms with Crippen LogP contribution in [0.2, 0.25) is 0 Å². The number of oxime groups is 2. The van der Waals surface area contributed by atoms with Gasteiger partial charge in [-0.15, -0.1) is 0 Å². The van der Waals surface area contributed by atoms with E-state index in [1.165, 1.54) is 38.2 Å². The standard InChI is InChI=1S/C32H27F5N4O5/c1-19(39-45-21(3)42)23-12-14-24(15-13-23)41(25-8-7-9-26(16-25)44-18-31(33,34)32(35,36)37)29-17-38-30(20(2)40-46-22(4)43)28-11-6-5-10-27(28)29/h5-17H,18H2,1-4H3/b39-19-,40-20+. The van der Waals surface area contributed by atoms with Crippen LogP contribution in [0.25, 0.3) is 10.8 Å². The molecule has 0 amide bonds. The highest BCUT2D eigenvalue weighted by Gasteiger charge is 2.58. The van der Waals surface area contributed by atoms with E-state index >= 15 is 0 Å². The zero-order valence-corrected chi connectivity index (χ0v) is 24.9. The molecule has 14 heteroatoms. The fraction of sp³-hybridized carbons (Fsp3) is 0.219. The highest BCUT2D eigenvalue weighted by atomic mass is 19.4. The van der Waals surface area contributed by atoms with Crippen molar-refractivity contribution in [2.75, 3.05) is 11.5 Å². The Morgan fingerprint density at radius 3 is 1.98 bits per heavy atom. The quantitative estimate of drug-likeness (QED) is 0.0751. The summed E-state index contributed by atoms with van der Waals surface area (Å²) in [4.78, 5) is 38.3. The van der Waals surface area contributed by atoms with Gasteiger partial charge in [-0.1, -0.05) is 52.8 Å². The maximum Gasteiger partial charge on any atom is 0.456 e. The monoisotopic (exact) mass is 642 g/mol. The molecule has 0 bridgehead atoms. The minimum Gasteiger partial charge on any atom is -0.487 e.